The van der Waals surface area contributed by atoms with Gasteiger partial charge in [-0.05, 0) is 64.3 Å². The maximum absolute atomic E-state index is 12.9. The number of nitrogens with zero attached hydrogens (tertiary/aromatic N) is 3. The zero-order valence-electron chi connectivity index (χ0n) is 17.9. The van der Waals surface area contributed by atoms with Crippen molar-refractivity contribution in [2.45, 2.75) is 55.6 Å². The molecule has 0 spiro atoms. The molecule has 0 aliphatic heterocycles. The van der Waals surface area contributed by atoms with E-state index < -0.39 is 14.9 Å². The van der Waals surface area contributed by atoms with Crippen LogP contribution >= 0.6 is 0 Å². The van der Waals surface area contributed by atoms with Gasteiger partial charge in [0.25, 0.3) is 5.69 Å². The lowest BCUT2D eigenvalue weighted by Crippen LogP contribution is -2.40. The zero-order chi connectivity index (χ0) is 22.1. The van der Waals surface area contributed by atoms with Crippen molar-refractivity contribution in [2.24, 2.45) is 0 Å². The summed E-state index contributed by atoms with van der Waals surface area (Å²) in [5, 5.41) is 10.8. The minimum atomic E-state index is -3.68. The van der Waals surface area contributed by atoms with Crippen molar-refractivity contribution in [1.82, 2.24) is 9.21 Å². The van der Waals surface area contributed by atoms with Gasteiger partial charge in [-0.3, -0.25) is 10.1 Å². The Morgan fingerprint density at radius 1 is 1.17 bits per heavy atom. The third-order valence-electron chi connectivity index (χ3n) is 5.61. The molecule has 0 bridgehead atoms. The highest BCUT2D eigenvalue weighted by Crippen LogP contribution is 2.29. The first kappa shape index (κ1) is 24.5. The van der Waals surface area contributed by atoms with E-state index in [0.717, 1.165) is 58.2 Å². The molecule has 1 aliphatic carbocycles. The number of nitro groups is 1. The quantitative estimate of drug-likeness (QED) is 0.214. The number of hydrogen-bond acceptors (Lipinski definition) is 6. The van der Waals surface area contributed by atoms with E-state index in [1.807, 2.05) is 6.08 Å². The van der Waals surface area contributed by atoms with Crippen molar-refractivity contribution in [2.75, 3.05) is 33.8 Å². The van der Waals surface area contributed by atoms with Crippen molar-refractivity contribution in [3.05, 3.63) is 47.0 Å². The average molecular weight is 440 g/mol. The van der Waals surface area contributed by atoms with Crippen LogP contribution in [0.4, 0.5) is 5.69 Å². The number of ether oxygens (including phenoxy) is 1. The van der Waals surface area contributed by atoms with Crippen LogP contribution in [-0.4, -0.2) is 68.5 Å². The Morgan fingerprint density at radius 2 is 1.80 bits per heavy atom. The summed E-state index contributed by atoms with van der Waals surface area (Å²) >= 11 is 0. The number of unbranched alkanes of at least 4 members (excludes halogenated alkanes) is 1. The van der Waals surface area contributed by atoms with E-state index in [1.165, 1.54) is 28.6 Å². The van der Waals surface area contributed by atoms with E-state index in [2.05, 4.69) is 18.5 Å². The SMILES string of the molecule is C=CCN(C)CCCCO[C@H]1CC[C@H](N(C)S(=O)(=O)c2ccc([N+](=O)[O-])cc2)CC1. The number of non-ortho nitro benzene ring substituents is 1. The molecule has 1 aromatic rings. The van der Waals surface area contributed by atoms with E-state index in [-0.39, 0.29) is 22.7 Å². The van der Waals surface area contributed by atoms with Gasteiger partial charge < -0.3 is 9.64 Å². The molecule has 1 aromatic carbocycles. The molecule has 0 atom stereocenters. The molecular formula is C21H33N3O5S. The van der Waals surface area contributed by atoms with Crippen LogP contribution in [-0.2, 0) is 14.8 Å². The summed E-state index contributed by atoms with van der Waals surface area (Å²) in [5.74, 6) is 0. The molecule has 8 nitrogen and oxygen atoms in total. The van der Waals surface area contributed by atoms with E-state index in [4.69, 9.17) is 4.74 Å². The Bertz CT molecular complexity index is 789. The monoisotopic (exact) mass is 439 g/mol. The number of nitro benzene ring substituents is 1. The summed E-state index contributed by atoms with van der Waals surface area (Å²) < 4.78 is 33.1. The highest BCUT2D eigenvalue weighted by molar-refractivity contribution is 7.89. The van der Waals surface area contributed by atoms with E-state index >= 15 is 0 Å². The van der Waals surface area contributed by atoms with Crippen LogP contribution in [0.25, 0.3) is 0 Å². The first-order valence-electron chi connectivity index (χ1n) is 10.4. The molecule has 30 heavy (non-hydrogen) atoms. The first-order valence-corrected chi connectivity index (χ1v) is 11.8. The van der Waals surface area contributed by atoms with Gasteiger partial charge in [0.1, 0.15) is 0 Å². The molecule has 2 rings (SSSR count). The maximum atomic E-state index is 12.9. The van der Waals surface area contributed by atoms with Crippen LogP contribution in [0.15, 0.2) is 41.8 Å². The van der Waals surface area contributed by atoms with Crippen LogP contribution in [0.2, 0.25) is 0 Å². The van der Waals surface area contributed by atoms with Crippen molar-refractivity contribution in [3.8, 4) is 0 Å². The van der Waals surface area contributed by atoms with Crippen LogP contribution in [0, 0.1) is 10.1 Å². The van der Waals surface area contributed by atoms with Crippen LogP contribution < -0.4 is 0 Å². The lowest BCUT2D eigenvalue weighted by Gasteiger charge is -2.34. The standard InChI is InChI=1S/C21H33N3O5S/c1-4-15-22(2)16-5-6-17-29-20-11-7-18(8-12-20)23(3)30(27,28)21-13-9-19(10-14-21)24(25)26/h4,9-10,13-14,18,20H,1,5-8,11-12,15-17H2,2-3H3/t18-,20-. The first-order chi connectivity index (χ1) is 14.3. The van der Waals surface area contributed by atoms with Gasteiger partial charge in [0.2, 0.25) is 10.0 Å². The van der Waals surface area contributed by atoms with Gasteiger partial charge >= 0.3 is 0 Å². The topological polar surface area (TPSA) is 93.0 Å². The van der Waals surface area contributed by atoms with Gasteiger partial charge in [0.05, 0.1) is 15.9 Å². The Kier molecular flexibility index (Phi) is 9.41. The smallest absolute Gasteiger partial charge is 0.269 e. The molecule has 0 amide bonds. The average Bonchev–Trinajstić information content (AvgIpc) is 2.73. The fourth-order valence-corrected chi connectivity index (χ4v) is 5.14. The number of sulfonamides is 1. The van der Waals surface area contributed by atoms with E-state index in [0.29, 0.717) is 0 Å². The van der Waals surface area contributed by atoms with Gasteiger partial charge in [-0.15, -0.1) is 6.58 Å². The van der Waals surface area contributed by atoms with Gasteiger partial charge in [-0.2, -0.15) is 4.31 Å². The number of hydrogen-bond donors (Lipinski definition) is 0. The van der Waals surface area contributed by atoms with Crippen molar-refractivity contribution in [3.63, 3.8) is 0 Å². The number of benzene rings is 1. The Morgan fingerprint density at radius 3 is 2.37 bits per heavy atom. The maximum Gasteiger partial charge on any atom is 0.269 e. The predicted octanol–water partition coefficient (Wildman–Crippen LogP) is 3.44. The molecule has 0 aromatic heterocycles. The molecule has 168 valence electrons. The molecule has 0 N–H and O–H groups in total. The number of rotatable bonds is 12. The van der Waals surface area contributed by atoms with Gasteiger partial charge in [0, 0.05) is 38.4 Å². The van der Waals surface area contributed by atoms with Crippen LogP contribution in [0.5, 0.6) is 0 Å². The molecule has 0 unspecified atom stereocenters. The second-order valence-electron chi connectivity index (χ2n) is 7.83. The van der Waals surface area contributed by atoms with E-state index in [1.54, 1.807) is 7.05 Å². The van der Waals surface area contributed by atoms with Crippen molar-refractivity contribution >= 4 is 15.7 Å². The highest BCUT2D eigenvalue weighted by atomic mass is 32.2. The molecule has 0 radical (unpaired) electrons. The fraction of sp³-hybridized carbons (Fsp3) is 0.619. The molecule has 1 aliphatic rings. The van der Waals surface area contributed by atoms with Gasteiger partial charge in [-0.1, -0.05) is 6.08 Å². The normalized spacial score (nSPS) is 19.9. The molecule has 9 heteroatoms. The van der Waals surface area contributed by atoms with Crippen LogP contribution in [0.3, 0.4) is 0 Å². The summed E-state index contributed by atoms with van der Waals surface area (Å²) in [6.07, 6.45) is 7.33. The largest absolute Gasteiger partial charge is 0.378 e. The van der Waals surface area contributed by atoms with Crippen molar-refractivity contribution < 1.29 is 18.1 Å². The highest BCUT2D eigenvalue weighted by Gasteiger charge is 2.32. The summed E-state index contributed by atoms with van der Waals surface area (Å²) in [5.41, 5.74) is -0.124. The summed E-state index contributed by atoms with van der Waals surface area (Å²) in [4.78, 5) is 12.5. The molecular weight excluding hydrogens is 406 g/mol. The molecule has 0 saturated heterocycles. The molecule has 1 saturated carbocycles. The minimum Gasteiger partial charge on any atom is -0.378 e. The van der Waals surface area contributed by atoms with Gasteiger partial charge in [-0.25, -0.2) is 8.42 Å². The fourth-order valence-electron chi connectivity index (χ4n) is 3.72. The second-order valence-corrected chi connectivity index (χ2v) is 9.83. The summed E-state index contributed by atoms with van der Waals surface area (Å²) in [7, 11) is -0.0175. The van der Waals surface area contributed by atoms with Gasteiger partial charge in [0.15, 0.2) is 0 Å². The summed E-state index contributed by atoms with van der Waals surface area (Å²) in [6.45, 7) is 6.38. The molecule has 0 heterocycles. The van der Waals surface area contributed by atoms with Crippen LogP contribution in [0.1, 0.15) is 38.5 Å². The minimum absolute atomic E-state index is 0.0791. The van der Waals surface area contributed by atoms with E-state index in [9.17, 15) is 18.5 Å². The Balaban J connectivity index is 1.77. The second kappa shape index (κ2) is 11.5. The molecule has 1 fully saturated rings. The third kappa shape index (κ3) is 6.87. The predicted molar refractivity (Wildman–Crippen MR) is 117 cm³/mol. The lowest BCUT2D eigenvalue weighted by atomic mass is 9.93. The number of likely N-dealkylation sites (N-methyl/N-ethyl adjacent to an activating group) is 1. The Hall–Kier alpha value is -1.81. The Labute approximate surface area is 179 Å². The zero-order valence-corrected chi connectivity index (χ0v) is 18.7. The van der Waals surface area contributed by atoms with Crippen molar-refractivity contribution in [1.29, 1.82) is 0 Å². The third-order valence-corrected chi connectivity index (χ3v) is 7.54. The lowest BCUT2D eigenvalue weighted by molar-refractivity contribution is -0.384. The summed E-state index contributed by atoms with van der Waals surface area (Å²) in [6, 6.07) is 4.95.